The van der Waals surface area contributed by atoms with Crippen molar-refractivity contribution in [2.75, 3.05) is 6.54 Å². The molecule has 2 rings (SSSR count). The van der Waals surface area contributed by atoms with Gasteiger partial charge in [-0.15, -0.1) is 0 Å². The largest absolute Gasteiger partial charge is 0.419 e. The van der Waals surface area contributed by atoms with Crippen LogP contribution in [-0.4, -0.2) is 6.54 Å². The van der Waals surface area contributed by atoms with Gasteiger partial charge in [-0.2, -0.15) is 13.2 Å². The summed E-state index contributed by atoms with van der Waals surface area (Å²) < 4.78 is 65.0. The summed E-state index contributed by atoms with van der Waals surface area (Å²) in [5.41, 5.74) is 1.91. The molecule has 2 N–H and O–H groups in total. The molecule has 0 aromatic heterocycles. The van der Waals surface area contributed by atoms with Crippen LogP contribution >= 0.6 is 0 Å². The molecule has 18 heavy (non-hydrogen) atoms. The van der Waals surface area contributed by atoms with Gasteiger partial charge in [-0.1, -0.05) is 6.07 Å². The van der Waals surface area contributed by atoms with Crippen molar-refractivity contribution in [1.82, 2.24) is 0 Å². The number of benzene rings is 1. The fourth-order valence-corrected chi connectivity index (χ4v) is 2.06. The Kier molecular flexibility index (Phi) is 3.09. The zero-order valence-corrected chi connectivity index (χ0v) is 9.40. The van der Waals surface area contributed by atoms with E-state index in [0.29, 0.717) is 25.0 Å². The van der Waals surface area contributed by atoms with Crippen molar-refractivity contribution in [1.29, 1.82) is 0 Å². The van der Waals surface area contributed by atoms with Crippen LogP contribution in [-0.2, 0) is 11.8 Å². The summed E-state index contributed by atoms with van der Waals surface area (Å²) in [5, 5.41) is 0. The van der Waals surface area contributed by atoms with E-state index in [-0.39, 0.29) is 18.0 Å². The zero-order chi connectivity index (χ0) is 13.6. The third-order valence-corrected chi connectivity index (χ3v) is 3.28. The summed E-state index contributed by atoms with van der Waals surface area (Å²) in [6.45, 7) is -0.359. The van der Waals surface area contributed by atoms with Gasteiger partial charge >= 0.3 is 6.18 Å². The zero-order valence-electron chi connectivity index (χ0n) is 9.40. The van der Waals surface area contributed by atoms with Gasteiger partial charge in [-0.3, -0.25) is 0 Å². The molecule has 0 bridgehead atoms. The fourth-order valence-electron chi connectivity index (χ4n) is 2.06. The van der Waals surface area contributed by atoms with Gasteiger partial charge in [-0.25, -0.2) is 8.78 Å². The third kappa shape index (κ3) is 2.21. The molecule has 0 aliphatic heterocycles. The average Bonchev–Trinajstić information content (AvgIpc) is 3.10. The Hall–Kier alpha value is -1.17. The summed E-state index contributed by atoms with van der Waals surface area (Å²) in [6, 6.07) is 2.14. The lowest BCUT2D eigenvalue weighted by Crippen LogP contribution is -2.33. The van der Waals surface area contributed by atoms with Crippen molar-refractivity contribution in [2.45, 2.75) is 24.7 Å². The highest BCUT2D eigenvalue weighted by Gasteiger charge is 2.47. The first-order valence-electron chi connectivity index (χ1n) is 5.55. The fraction of sp³-hybridized carbons (Fsp3) is 0.500. The minimum Gasteiger partial charge on any atom is -0.327 e. The molecule has 0 saturated heterocycles. The van der Waals surface area contributed by atoms with Gasteiger partial charge < -0.3 is 5.73 Å². The lowest BCUT2D eigenvalue weighted by atomic mass is 9.90. The predicted molar refractivity (Wildman–Crippen MR) is 56.0 cm³/mol. The molecule has 0 heterocycles. The monoisotopic (exact) mass is 265 g/mol. The lowest BCUT2D eigenvalue weighted by Gasteiger charge is -2.24. The summed E-state index contributed by atoms with van der Waals surface area (Å²) >= 11 is 0. The quantitative estimate of drug-likeness (QED) is 0.833. The van der Waals surface area contributed by atoms with Crippen LogP contribution in [0.5, 0.6) is 0 Å². The van der Waals surface area contributed by atoms with Gasteiger partial charge in [0.25, 0.3) is 0 Å². The van der Waals surface area contributed by atoms with E-state index in [1.807, 2.05) is 0 Å². The summed E-state index contributed by atoms with van der Waals surface area (Å²) in [4.78, 5) is 0. The first kappa shape index (κ1) is 13.3. The number of hydrogen-bond acceptors (Lipinski definition) is 1. The number of halogens is 5. The van der Waals surface area contributed by atoms with Crippen molar-refractivity contribution >= 4 is 0 Å². The molecule has 6 heteroatoms. The van der Waals surface area contributed by atoms with Crippen LogP contribution in [0.15, 0.2) is 18.2 Å². The SMILES string of the molecule is NCC(F)(c1ccc(C(F)(F)F)c(F)c1)C1CC1. The Morgan fingerprint density at radius 3 is 2.17 bits per heavy atom. The highest BCUT2D eigenvalue weighted by Crippen LogP contribution is 2.48. The first-order chi connectivity index (χ1) is 8.29. The molecule has 1 nitrogen and oxygen atoms in total. The maximum absolute atomic E-state index is 14.5. The standard InChI is InChI=1S/C12H12F5N/c13-10-5-8(3-4-9(10)12(15,16)17)11(14,6-18)7-1-2-7/h3-5,7H,1-2,6,18H2. The first-order valence-corrected chi connectivity index (χ1v) is 5.55. The molecule has 100 valence electrons. The molecule has 0 amide bonds. The second kappa shape index (κ2) is 4.19. The maximum atomic E-state index is 14.5. The van der Waals surface area contributed by atoms with Gasteiger partial charge in [0.05, 0.1) is 5.56 Å². The van der Waals surface area contributed by atoms with Gasteiger partial charge in [-0.05, 0) is 36.5 Å². The van der Waals surface area contributed by atoms with E-state index < -0.39 is 23.2 Å². The Bertz CT molecular complexity index is 452. The average molecular weight is 265 g/mol. The van der Waals surface area contributed by atoms with Gasteiger partial charge in [0.15, 0.2) is 5.67 Å². The van der Waals surface area contributed by atoms with Gasteiger partial charge in [0, 0.05) is 6.54 Å². The Morgan fingerprint density at radius 1 is 1.17 bits per heavy atom. The van der Waals surface area contributed by atoms with E-state index in [2.05, 4.69) is 0 Å². The van der Waals surface area contributed by atoms with Crippen molar-refractivity contribution in [3.63, 3.8) is 0 Å². The molecule has 1 atom stereocenters. The van der Waals surface area contributed by atoms with Crippen LogP contribution < -0.4 is 5.73 Å². The van der Waals surface area contributed by atoms with E-state index >= 15 is 0 Å². The van der Waals surface area contributed by atoms with E-state index in [4.69, 9.17) is 5.73 Å². The van der Waals surface area contributed by atoms with Crippen LogP contribution in [0.2, 0.25) is 0 Å². The summed E-state index contributed by atoms with van der Waals surface area (Å²) in [5.74, 6) is -1.78. The highest BCUT2D eigenvalue weighted by molar-refractivity contribution is 5.32. The lowest BCUT2D eigenvalue weighted by molar-refractivity contribution is -0.140. The highest BCUT2D eigenvalue weighted by atomic mass is 19.4. The molecule has 0 spiro atoms. The molecular weight excluding hydrogens is 253 g/mol. The van der Waals surface area contributed by atoms with Crippen molar-refractivity contribution in [3.05, 3.63) is 35.1 Å². The van der Waals surface area contributed by atoms with Gasteiger partial charge in [0.2, 0.25) is 0 Å². The summed E-state index contributed by atoms with van der Waals surface area (Å²) in [6.07, 6.45) is -3.53. The number of rotatable bonds is 3. The van der Waals surface area contributed by atoms with Gasteiger partial charge in [0.1, 0.15) is 5.82 Å². The molecule has 1 aliphatic carbocycles. The predicted octanol–water partition coefficient (Wildman–Crippen LogP) is 3.38. The number of hydrogen-bond donors (Lipinski definition) is 1. The molecule has 1 aromatic carbocycles. The van der Waals surface area contributed by atoms with Crippen LogP contribution in [0, 0.1) is 11.7 Å². The maximum Gasteiger partial charge on any atom is 0.419 e. The Balaban J connectivity index is 2.39. The molecule has 0 radical (unpaired) electrons. The van der Waals surface area contributed by atoms with Crippen LogP contribution in [0.3, 0.4) is 0 Å². The topological polar surface area (TPSA) is 26.0 Å². The second-order valence-corrected chi connectivity index (χ2v) is 4.53. The third-order valence-electron chi connectivity index (χ3n) is 3.28. The van der Waals surface area contributed by atoms with Crippen LogP contribution in [0.25, 0.3) is 0 Å². The Labute approximate surface area is 101 Å². The number of nitrogens with two attached hydrogens (primary N) is 1. The molecule has 1 aromatic rings. The summed E-state index contributed by atoms with van der Waals surface area (Å²) in [7, 11) is 0. The van der Waals surface area contributed by atoms with Crippen molar-refractivity contribution in [3.8, 4) is 0 Å². The minimum atomic E-state index is -4.77. The second-order valence-electron chi connectivity index (χ2n) is 4.53. The molecule has 1 fully saturated rings. The van der Waals surface area contributed by atoms with E-state index in [9.17, 15) is 22.0 Å². The molecular formula is C12H12F5N. The normalized spacial score (nSPS) is 19.7. The molecule has 1 aliphatic rings. The Morgan fingerprint density at radius 2 is 1.78 bits per heavy atom. The molecule has 1 unspecified atom stereocenters. The smallest absolute Gasteiger partial charge is 0.327 e. The van der Waals surface area contributed by atoms with Crippen LogP contribution in [0.4, 0.5) is 22.0 Å². The number of alkyl halides is 4. The molecule has 1 saturated carbocycles. The van der Waals surface area contributed by atoms with E-state index in [1.165, 1.54) is 0 Å². The minimum absolute atomic E-state index is 0.113. The van der Waals surface area contributed by atoms with E-state index in [1.54, 1.807) is 0 Å². The van der Waals surface area contributed by atoms with Crippen LogP contribution in [0.1, 0.15) is 24.0 Å². The van der Waals surface area contributed by atoms with E-state index in [0.717, 1.165) is 6.07 Å². The van der Waals surface area contributed by atoms with Crippen molar-refractivity contribution < 1.29 is 22.0 Å². The van der Waals surface area contributed by atoms with Crippen molar-refractivity contribution in [2.24, 2.45) is 11.7 Å².